The average molecular weight is 324 g/mol. The fourth-order valence-electron chi connectivity index (χ4n) is 2.57. The van der Waals surface area contributed by atoms with E-state index in [-0.39, 0.29) is 11.9 Å². The molecule has 3 nitrogen and oxygen atoms in total. The van der Waals surface area contributed by atoms with Crippen LogP contribution in [0.25, 0.3) is 0 Å². The number of thiophene rings is 1. The zero-order valence-corrected chi connectivity index (χ0v) is 13.3. The van der Waals surface area contributed by atoms with E-state index in [0.29, 0.717) is 5.75 Å². The van der Waals surface area contributed by atoms with Crippen molar-refractivity contribution < 1.29 is 9.13 Å². The molecule has 1 aliphatic rings. The molecule has 1 aliphatic heterocycles. The molecule has 3 rings (SSSR count). The van der Waals surface area contributed by atoms with E-state index >= 15 is 0 Å². The number of nitrogens with two attached hydrogens (primary N) is 1. The van der Waals surface area contributed by atoms with E-state index < -0.39 is 0 Å². The van der Waals surface area contributed by atoms with Gasteiger partial charge in [0.25, 0.3) is 0 Å². The lowest BCUT2D eigenvalue weighted by molar-refractivity contribution is 0.403. The van der Waals surface area contributed by atoms with Gasteiger partial charge in [0.15, 0.2) is 0 Å². The second kappa shape index (κ2) is 6.36. The van der Waals surface area contributed by atoms with Crippen LogP contribution in [0.15, 0.2) is 24.3 Å². The minimum Gasteiger partial charge on any atom is -0.496 e. The van der Waals surface area contributed by atoms with Crippen molar-refractivity contribution in [1.82, 2.24) is 5.43 Å². The van der Waals surface area contributed by atoms with Crippen LogP contribution in [0.4, 0.5) is 4.39 Å². The normalized spacial score (nSPS) is 15.6. The van der Waals surface area contributed by atoms with Crippen LogP contribution in [0.3, 0.4) is 0 Å². The summed E-state index contributed by atoms with van der Waals surface area (Å²) in [4.78, 5) is 2.52. The van der Waals surface area contributed by atoms with E-state index in [9.17, 15) is 4.39 Å². The highest BCUT2D eigenvalue weighted by Crippen LogP contribution is 2.38. The van der Waals surface area contributed by atoms with Gasteiger partial charge in [-0.2, -0.15) is 11.8 Å². The summed E-state index contributed by atoms with van der Waals surface area (Å²) in [6.45, 7) is 0. The molecule has 112 valence electrons. The van der Waals surface area contributed by atoms with Crippen molar-refractivity contribution in [3.63, 3.8) is 0 Å². The van der Waals surface area contributed by atoms with Crippen LogP contribution in [-0.4, -0.2) is 12.9 Å². The van der Waals surface area contributed by atoms with Gasteiger partial charge in [-0.05, 0) is 42.0 Å². The topological polar surface area (TPSA) is 47.3 Å². The van der Waals surface area contributed by atoms with Crippen LogP contribution in [0, 0.1) is 5.82 Å². The lowest BCUT2D eigenvalue weighted by atomic mass is 10.0. The van der Waals surface area contributed by atoms with Crippen molar-refractivity contribution in [2.75, 3.05) is 12.9 Å². The average Bonchev–Trinajstić information content (AvgIpc) is 2.92. The number of thioether (sulfide) groups is 1. The molecule has 1 atom stereocenters. The molecule has 6 heteroatoms. The molecule has 0 radical (unpaired) electrons. The first-order chi connectivity index (χ1) is 10.2. The van der Waals surface area contributed by atoms with Gasteiger partial charge in [-0.1, -0.05) is 0 Å². The summed E-state index contributed by atoms with van der Waals surface area (Å²) in [7, 11) is 1.58. The number of hydrogen-bond acceptors (Lipinski definition) is 5. The molecule has 0 spiro atoms. The van der Waals surface area contributed by atoms with Crippen molar-refractivity contribution in [3.05, 3.63) is 51.0 Å². The smallest absolute Gasteiger partial charge is 0.124 e. The third-order valence-corrected chi connectivity index (χ3v) is 5.91. The monoisotopic (exact) mass is 324 g/mol. The van der Waals surface area contributed by atoms with Gasteiger partial charge in [-0.15, -0.1) is 11.3 Å². The summed E-state index contributed by atoms with van der Waals surface area (Å²) in [5.74, 6) is 8.30. The second-order valence-corrected chi connectivity index (χ2v) is 7.16. The molecule has 1 unspecified atom stereocenters. The van der Waals surface area contributed by atoms with Gasteiger partial charge in [0.05, 0.1) is 13.2 Å². The fraction of sp³-hybridized carbons (Fsp3) is 0.333. The van der Waals surface area contributed by atoms with E-state index in [4.69, 9.17) is 10.6 Å². The second-order valence-electron chi connectivity index (χ2n) is 4.89. The van der Waals surface area contributed by atoms with Crippen LogP contribution in [0.1, 0.15) is 26.9 Å². The quantitative estimate of drug-likeness (QED) is 0.669. The van der Waals surface area contributed by atoms with Crippen molar-refractivity contribution in [2.45, 2.75) is 18.2 Å². The molecular weight excluding hydrogens is 307 g/mol. The predicted octanol–water partition coefficient (Wildman–Crippen LogP) is 3.24. The standard InChI is InChI=1S/C15H17FN2OS2/c1-19-12-3-2-10(16)7-11(12)15(18-17)14-6-9-8-20-5-4-13(9)21-14/h2-3,6-7,15,18H,4-5,8,17H2,1H3. The summed E-state index contributed by atoms with van der Waals surface area (Å²) in [5, 5.41) is 0. The van der Waals surface area contributed by atoms with E-state index in [2.05, 4.69) is 11.5 Å². The largest absolute Gasteiger partial charge is 0.496 e. The Morgan fingerprint density at radius 1 is 1.38 bits per heavy atom. The van der Waals surface area contributed by atoms with Crippen LogP contribution in [0.2, 0.25) is 0 Å². The number of methoxy groups -OCH3 is 1. The molecule has 2 heterocycles. The predicted molar refractivity (Wildman–Crippen MR) is 86.3 cm³/mol. The van der Waals surface area contributed by atoms with Gasteiger partial charge in [0, 0.05) is 21.1 Å². The highest BCUT2D eigenvalue weighted by atomic mass is 32.2. The summed E-state index contributed by atoms with van der Waals surface area (Å²) < 4.78 is 18.9. The van der Waals surface area contributed by atoms with E-state index in [1.165, 1.54) is 22.6 Å². The van der Waals surface area contributed by atoms with E-state index in [1.54, 1.807) is 24.5 Å². The Balaban J connectivity index is 2.02. The minimum atomic E-state index is -0.289. The molecule has 0 fully saturated rings. The van der Waals surface area contributed by atoms with E-state index in [1.807, 2.05) is 11.8 Å². The number of nitrogens with one attached hydrogen (secondary N) is 1. The Morgan fingerprint density at radius 2 is 2.24 bits per heavy atom. The number of aryl methyl sites for hydroxylation is 1. The van der Waals surface area contributed by atoms with Crippen molar-refractivity contribution >= 4 is 23.1 Å². The number of fused-ring (bicyclic) bond motifs is 1. The summed E-state index contributed by atoms with van der Waals surface area (Å²) >= 11 is 3.70. The van der Waals surface area contributed by atoms with Crippen LogP contribution in [0.5, 0.6) is 5.75 Å². The first-order valence-corrected chi connectivity index (χ1v) is 8.69. The van der Waals surface area contributed by atoms with Gasteiger partial charge in [0.2, 0.25) is 0 Å². The number of halogens is 1. The van der Waals surface area contributed by atoms with Crippen LogP contribution < -0.4 is 16.0 Å². The first-order valence-electron chi connectivity index (χ1n) is 6.71. The summed E-state index contributed by atoms with van der Waals surface area (Å²) in [5.41, 5.74) is 4.91. The summed E-state index contributed by atoms with van der Waals surface area (Å²) in [6.07, 6.45) is 1.10. The number of rotatable bonds is 4. The number of benzene rings is 1. The van der Waals surface area contributed by atoms with Crippen molar-refractivity contribution in [2.24, 2.45) is 5.84 Å². The molecular formula is C15H17FN2OS2. The lowest BCUT2D eigenvalue weighted by Gasteiger charge is -2.18. The zero-order chi connectivity index (χ0) is 14.8. The Kier molecular flexibility index (Phi) is 4.49. The Hall–Kier alpha value is -1.08. The minimum absolute atomic E-state index is 0.253. The Morgan fingerprint density at radius 3 is 2.95 bits per heavy atom. The molecule has 1 aromatic heterocycles. The highest BCUT2D eigenvalue weighted by Gasteiger charge is 2.22. The lowest BCUT2D eigenvalue weighted by Crippen LogP contribution is -2.28. The summed E-state index contributed by atoms with van der Waals surface area (Å²) in [6, 6.07) is 6.44. The molecule has 2 aromatic rings. The molecule has 1 aromatic carbocycles. The number of hydrazine groups is 1. The molecule has 0 saturated heterocycles. The third-order valence-electron chi connectivity index (χ3n) is 3.60. The highest BCUT2D eigenvalue weighted by molar-refractivity contribution is 7.98. The fourth-order valence-corrected chi connectivity index (χ4v) is 5.02. The molecule has 0 amide bonds. The van der Waals surface area contributed by atoms with E-state index in [0.717, 1.165) is 28.4 Å². The first kappa shape index (κ1) is 14.8. The maximum atomic E-state index is 13.6. The Labute approximate surface area is 131 Å². The SMILES string of the molecule is COc1ccc(F)cc1C(NN)c1cc2c(s1)CCSC2. The molecule has 0 aliphatic carbocycles. The van der Waals surface area contributed by atoms with Crippen molar-refractivity contribution in [1.29, 1.82) is 0 Å². The number of ether oxygens (including phenoxy) is 1. The third kappa shape index (κ3) is 2.94. The van der Waals surface area contributed by atoms with Gasteiger partial charge in [-0.25, -0.2) is 9.82 Å². The molecule has 3 N–H and O–H groups in total. The maximum Gasteiger partial charge on any atom is 0.124 e. The van der Waals surface area contributed by atoms with Gasteiger partial charge in [0.1, 0.15) is 11.6 Å². The van der Waals surface area contributed by atoms with Gasteiger partial charge in [-0.3, -0.25) is 5.84 Å². The van der Waals surface area contributed by atoms with Crippen LogP contribution in [-0.2, 0) is 12.2 Å². The molecule has 21 heavy (non-hydrogen) atoms. The van der Waals surface area contributed by atoms with Gasteiger partial charge >= 0.3 is 0 Å². The van der Waals surface area contributed by atoms with Crippen LogP contribution >= 0.6 is 23.1 Å². The van der Waals surface area contributed by atoms with Crippen molar-refractivity contribution in [3.8, 4) is 5.75 Å². The maximum absolute atomic E-state index is 13.6. The number of hydrogen-bond donors (Lipinski definition) is 2. The Bertz CT molecular complexity index is 621. The van der Waals surface area contributed by atoms with Gasteiger partial charge < -0.3 is 4.74 Å². The molecule has 0 bridgehead atoms. The molecule has 0 saturated carbocycles. The zero-order valence-electron chi connectivity index (χ0n) is 11.7.